The van der Waals surface area contributed by atoms with E-state index in [9.17, 15) is 9.59 Å². The molecule has 0 saturated carbocycles. The van der Waals surface area contributed by atoms with Crippen molar-refractivity contribution in [3.8, 4) is 0 Å². The number of nitrogens with one attached hydrogen (secondary N) is 1. The second kappa shape index (κ2) is 5.81. The van der Waals surface area contributed by atoms with Crippen LogP contribution in [0.2, 0.25) is 0 Å². The second-order valence-corrected chi connectivity index (χ2v) is 4.60. The molecule has 0 spiro atoms. The second-order valence-electron chi connectivity index (χ2n) is 4.60. The third-order valence-electron chi connectivity index (χ3n) is 3.19. The van der Waals surface area contributed by atoms with Gasteiger partial charge in [0, 0.05) is 13.1 Å². The molecular formula is C12H18N4O3. The highest BCUT2D eigenvalue weighted by molar-refractivity contribution is 5.73. The molecule has 1 atom stereocenters. The standard InChI is InChI=1S/C12H18N4O3/c1-3-19-11(18)9-5-4-6-16(7-9)12-13-10(17)8(2)14-15-12/h9H,3-7H2,1-2H3,(H,13,15,17)/t9-/m0/s1. The number of rotatable bonds is 3. The minimum Gasteiger partial charge on any atom is -0.466 e. The van der Waals surface area contributed by atoms with E-state index in [1.165, 1.54) is 0 Å². The van der Waals surface area contributed by atoms with E-state index >= 15 is 0 Å². The first-order valence-corrected chi connectivity index (χ1v) is 6.47. The Kier molecular flexibility index (Phi) is 4.13. The van der Waals surface area contributed by atoms with Crippen molar-refractivity contribution in [3.63, 3.8) is 0 Å². The first-order valence-electron chi connectivity index (χ1n) is 6.47. The Labute approximate surface area is 111 Å². The number of piperidine rings is 1. The molecule has 1 saturated heterocycles. The Morgan fingerprint density at radius 1 is 1.53 bits per heavy atom. The highest BCUT2D eigenvalue weighted by atomic mass is 16.5. The van der Waals surface area contributed by atoms with E-state index in [0.717, 1.165) is 19.4 Å². The minimum absolute atomic E-state index is 0.166. The number of H-pyrrole nitrogens is 1. The fourth-order valence-electron chi connectivity index (χ4n) is 2.15. The van der Waals surface area contributed by atoms with Crippen LogP contribution < -0.4 is 10.5 Å². The molecule has 2 heterocycles. The van der Waals surface area contributed by atoms with Crippen molar-refractivity contribution in [3.05, 3.63) is 16.0 Å². The third-order valence-corrected chi connectivity index (χ3v) is 3.19. The molecule has 1 N–H and O–H groups in total. The van der Waals surface area contributed by atoms with Gasteiger partial charge in [0.25, 0.3) is 5.56 Å². The molecule has 1 fully saturated rings. The van der Waals surface area contributed by atoms with Gasteiger partial charge in [-0.2, -0.15) is 0 Å². The number of esters is 1. The van der Waals surface area contributed by atoms with Gasteiger partial charge < -0.3 is 9.64 Å². The number of ether oxygens (including phenoxy) is 1. The van der Waals surface area contributed by atoms with Crippen molar-refractivity contribution in [2.75, 3.05) is 24.6 Å². The number of aromatic amines is 1. The van der Waals surface area contributed by atoms with Gasteiger partial charge in [0.15, 0.2) is 0 Å². The maximum absolute atomic E-state index is 11.7. The van der Waals surface area contributed by atoms with Gasteiger partial charge in [-0.05, 0) is 26.7 Å². The monoisotopic (exact) mass is 266 g/mol. The van der Waals surface area contributed by atoms with Crippen molar-refractivity contribution in [2.45, 2.75) is 26.7 Å². The molecule has 7 nitrogen and oxygen atoms in total. The van der Waals surface area contributed by atoms with Crippen LogP contribution in [-0.4, -0.2) is 40.8 Å². The van der Waals surface area contributed by atoms with E-state index in [2.05, 4.69) is 15.2 Å². The highest BCUT2D eigenvalue weighted by Gasteiger charge is 2.28. The fourth-order valence-corrected chi connectivity index (χ4v) is 2.15. The lowest BCUT2D eigenvalue weighted by Gasteiger charge is -2.31. The number of hydrogen-bond donors (Lipinski definition) is 1. The Morgan fingerprint density at radius 2 is 2.32 bits per heavy atom. The largest absolute Gasteiger partial charge is 0.466 e. The molecule has 104 valence electrons. The van der Waals surface area contributed by atoms with Crippen molar-refractivity contribution >= 4 is 11.9 Å². The number of aromatic nitrogens is 3. The first kappa shape index (κ1) is 13.5. The number of carbonyl (C=O) groups is 1. The van der Waals surface area contributed by atoms with Gasteiger partial charge >= 0.3 is 5.97 Å². The van der Waals surface area contributed by atoms with Gasteiger partial charge in [-0.3, -0.25) is 14.6 Å². The van der Waals surface area contributed by atoms with Crippen molar-refractivity contribution < 1.29 is 9.53 Å². The lowest BCUT2D eigenvalue weighted by atomic mass is 9.98. The summed E-state index contributed by atoms with van der Waals surface area (Å²) in [6.45, 7) is 5.04. The number of anilines is 1. The maximum atomic E-state index is 11.7. The summed E-state index contributed by atoms with van der Waals surface area (Å²) in [5.74, 6) is 0.0690. The van der Waals surface area contributed by atoms with Crippen LogP contribution in [0.5, 0.6) is 0 Å². The number of nitrogens with zero attached hydrogens (tertiary/aromatic N) is 3. The van der Waals surface area contributed by atoms with E-state index in [1.807, 2.05) is 4.90 Å². The van der Waals surface area contributed by atoms with Crippen LogP contribution in [0.1, 0.15) is 25.5 Å². The Morgan fingerprint density at radius 3 is 3.00 bits per heavy atom. The van der Waals surface area contributed by atoms with Gasteiger partial charge in [0.05, 0.1) is 12.5 Å². The smallest absolute Gasteiger partial charge is 0.310 e. The van der Waals surface area contributed by atoms with Crippen LogP contribution in [0.15, 0.2) is 4.79 Å². The van der Waals surface area contributed by atoms with Crippen molar-refractivity contribution in [1.82, 2.24) is 15.2 Å². The third kappa shape index (κ3) is 3.10. The predicted molar refractivity (Wildman–Crippen MR) is 69.0 cm³/mol. The van der Waals surface area contributed by atoms with E-state index in [1.54, 1.807) is 13.8 Å². The predicted octanol–water partition coefficient (Wildman–Crippen LogP) is 0.253. The van der Waals surface area contributed by atoms with Crippen LogP contribution >= 0.6 is 0 Å². The summed E-state index contributed by atoms with van der Waals surface area (Å²) in [7, 11) is 0. The zero-order chi connectivity index (χ0) is 13.8. The summed E-state index contributed by atoms with van der Waals surface area (Å²) in [5, 5.41) is 7.78. The summed E-state index contributed by atoms with van der Waals surface area (Å²) < 4.78 is 5.03. The number of carbonyl (C=O) groups excluding carboxylic acids is 1. The molecule has 7 heteroatoms. The maximum Gasteiger partial charge on any atom is 0.310 e. The average molecular weight is 266 g/mol. The van der Waals surface area contributed by atoms with Crippen LogP contribution in [0, 0.1) is 12.8 Å². The fraction of sp³-hybridized carbons (Fsp3) is 0.667. The lowest BCUT2D eigenvalue weighted by Crippen LogP contribution is -2.41. The van der Waals surface area contributed by atoms with Crippen molar-refractivity contribution in [1.29, 1.82) is 0 Å². The molecule has 1 aliphatic rings. The molecule has 19 heavy (non-hydrogen) atoms. The SMILES string of the molecule is CCOC(=O)[C@H]1CCCN(c2nnc(C)c(=O)[nH]2)C1. The minimum atomic E-state index is -0.247. The zero-order valence-corrected chi connectivity index (χ0v) is 11.2. The summed E-state index contributed by atoms with van der Waals surface area (Å²) in [6.07, 6.45) is 1.67. The van der Waals surface area contributed by atoms with Gasteiger partial charge in [0.2, 0.25) is 5.95 Å². The van der Waals surface area contributed by atoms with Gasteiger partial charge in [-0.15, -0.1) is 10.2 Å². The molecule has 1 aromatic heterocycles. The zero-order valence-electron chi connectivity index (χ0n) is 11.2. The Balaban J connectivity index is 2.10. The molecule has 1 aromatic rings. The number of aryl methyl sites for hydroxylation is 1. The Bertz CT molecular complexity index is 514. The van der Waals surface area contributed by atoms with Gasteiger partial charge in [0.1, 0.15) is 5.69 Å². The van der Waals surface area contributed by atoms with Gasteiger partial charge in [-0.25, -0.2) is 0 Å². The van der Waals surface area contributed by atoms with Crippen LogP contribution in [0.4, 0.5) is 5.95 Å². The van der Waals surface area contributed by atoms with Crippen LogP contribution in [0.25, 0.3) is 0 Å². The van der Waals surface area contributed by atoms with Crippen molar-refractivity contribution in [2.24, 2.45) is 5.92 Å². The van der Waals surface area contributed by atoms with E-state index in [-0.39, 0.29) is 17.4 Å². The topological polar surface area (TPSA) is 88.2 Å². The molecular weight excluding hydrogens is 248 g/mol. The van der Waals surface area contributed by atoms with E-state index in [4.69, 9.17) is 4.74 Å². The average Bonchev–Trinajstić information content (AvgIpc) is 2.42. The Hall–Kier alpha value is -1.92. The molecule has 0 aromatic carbocycles. The van der Waals surface area contributed by atoms with Gasteiger partial charge in [-0.1, -0.05) is 0 Å². The van der Waals surface area contributed by atoms with E-state index in [0.29, 0.717) is 24.8 Å². The molecule has 1 aliphatic heterocycles. The highest BCUT2D eigenvalue weighted by Crippen LogP contribution is 2.20. The molecule has 0 unspecified atom stereocenters. The molecule has 0 aliphatic carbocycles. The first-order chi connectivity index (χ1) is 9.11. The van der Waals surface area contributed by atoms with E-state index < -0.39 is 0 Å². The summed E-state index contributed by atoms with van der Waals surface area (Å²) in [5.41, 5.74) is 0.0889. The molecule has 0 radical (unpaired) electrons. The quantitative estimate of drug-likeness (QED) is 0.789. The normalized spacial score (nSPS) is 19.3. The number of hydrogen-bond acceptors (Lipinski definition) is 6. The summed E-state index contributed by atoms with van der Waals surface area (Å²) in [4.78, 5) is 27.8. The van der Waals surface area contributed by atoms with Crippen LogP contribution in [-0.2, 0) is 9.53 Å². The lowest BCUT2D eigenvalue weighted by molar-refractivity contribution is -0.148. The molecule has 0 bridgehead atoms. The van der Waals surface area contributed by atoms with Crippen LogP contribution in [0.3, 0.4) is 0 Å². The molecule has 0 amide bonds. The molecule has 2 rings (SSSR count). The summed E-state index contributed by atoms with van der Waals surface area (Å²) >= 11 is 0. The summed E-state index contributed by atoms with van der Waals surface area (Å²) in [6, 6.07) is 0.